The third kappa shape index (κ3) is 5.81. The smallest absolute Gasteiger partial charge is 0.0914 e. The molecule has 0 bridgehead atoms. The molecule has 0 amide bonds. The van der Waals surface area contributed by atoms with E-state index in [2.05, 4.69) is 29.6 Å². The average Bonchev–Trinajstić information content (AvgIpc) is 2.70. The van der Waals surface area contributed by atoms with Crippen molar-refractivity contribution in [3.8, 4) is 0 Å². The Balaban J connectivity index is 1.46. The van der Waals surface area contributed by atoms with Gasteiger partial charge in [-0.25, -0.2) is 0 Å². The predicted octanol–water partition coefficient (Wildman–Crippen LogP) is 4.23. The molecule has 3 nitrogen and oxygen atoms in total. The molecular weight excluding hydrogens is 322 g/mol. The molecule has 3 rings (SSSR count). The van der Waals surface area contributed by atoms with Crippen LogP contribution < -0.4 is 5.32 Å². The average molecular weight is 347 g/mol. The Morgan fingerprint density at radius 1 is 0.731 bits per heavy atom. The summed E-state index contributed by atoms with van der Waals surface area (Å²) in [6, 6.07) is 28.3. The summed E-state index contributed by atoms with van der Waals surface area (Å²) in [4.78, 5) is 0. The molecule has 0 aromatic heterocycles. The van der Waals surface area contributed by atoms with E-state index in [1.165, 1.54) is 5.56 Å². The second-order valence-electron chi connectivity index (χ2n) is 6.36. The highest BCUT2D eigenvalue weighted by Crippen LogP contribution is 2.15. The molecular formula is C23H25NO2. The van der Waals surface area contributed by atoms with Crippen LogP contribution in [0.15, 0.2) is 84.9 Å². The highest BCUT2D eigenvalue weighted by Gasteiger charge is 2.08. The zero-order valence-corrected chi connectivity index (χ0v) is 14.8. The van der Waals surface area contributed by atoms with Gasteiger partial charge in [0.25, 0.3) is 0 Å². The first-order chi connectivity index (χ1) is 12.8. The van der Waals surface area contributed by atoms with E-state index >= 15 is 0 Å². The molecule has 1 unspecified atom stereocenters. The minimum absolute atomic E-state index is 0.517. The van der Waals surface area contributed by atoms with Gasteiger partial charge in [-0.15, -0.1) is 0 Å². The normalized spacial score (nSPS) is 12.0. The van der Waals surface area contributed by atoms with Crippen LogP contribution >= 0.6 is 0 Å². The van der Waals surface area contributed by atoms with Crippen LogP contribution in [0.3, 0.4) is 0 Å². The van der Waals surface area contributed by atoms with Gasteiger partial charge in [-0.05, 0) is 22.3 Å². The van der Waals surface area contributed by atoms with Crippen molar-refractivity contribution in [3.05, 3.63) is 107 Å². The summed E-state index contributed by atoms with van der Waals surface area (Å²) in [5.74, 6) is 0. The molecule has 0 saturated heterocycles. The van der Waals surface area contributed by atoms with Gasteiger partial charge in [0.05, 0.1) is 19.3 Å². The minimum atomic E-state index is -0.534. The highest BCUT2D eigenvalue weighted by atomic mass is 16.5. The lowest BCUT2D eigenvalue weighted by Crippen LogP contribution is -2.21. The van der Waals surface area contributed by atoms with Gasteiger partial charge in [0.15, 0.2) is 0 Å². The fraction of sp³-hybridized carbons (Fsp3) is 0.217. The monoisotopic (exact) mass is 347 g/mol. The van der Waals surface area contributed by atoms with Crippen LogP contribution in [0.25, 0.3) is 0 Å². The Morgan fingerprint density at radius 2 is 1.35 bits per heavy atom. The highest BCUT2D eigenvalue weighted by molar-refractivity contribution is 5.25. The van der Waals surface area contributed by atoms with Gasteiger partial charge in [0.2, 0.25) is 0 Å². The van der Waals surface area contributed by atoms with Gasteiger partial charge in [-0.1, -0.05) is 84.9 Å². The zero-order valence-electron chi connectivity index (χ0n) is 14.8. The Bertz CT molecular complexity index is 774. The Kier molecular flexibility index (Phi) is 6.96. The SMILES string of the molecule is OC(CNCc1ccccc1)c1cccc(COCc2ccccc2)c1. The van der Waals surface area contributed by atoms with E-state index in [9.17, 15) is 5.11 Å². The first-order valence-corrected chi connectivity index (χ1v) is 8.94. The van der Waals surface area contributed by atoms with Gasteiger partial charge in [-0.2, -0.15) is 0 Å². The lowest BCUT2D eigenvalue weighted by molar-refractivity contribution is 0.107. The lowest BCUT2D eigenvalue weighted by atomic mass is 10.1. The van der Waals surface area contributed by atoms with Crippen LogP contribution in [0.5, 0.6) is 0 Å². The van der Waals surface area contributed by atoms with E-state index in [-0.39, 0.29) is 0 Å². The van der Waals surface area contributed by atoms with E-state index in [0.717, 1.165) is 23.2 Å². The molecule has 3 aromatic carbocycles. The summed E-state index contributed by atoms with van der Waals surface area (Å²) in [7, 11) is 0. The van der Waals surface area contributed by atoms with Gasteiger partial charge >= 0.3 is 0 Å². The summed E-state index contributed by atoms with van der Waals surface area (Å²) in [5, 5.41) is 13.7. The van der Waals surface area contributed by atoms with Crippen molar-refractivity contribution in [3.63, 3.8) is 0 Å². The van der Waals surface area contributed by atoms with Gasteiger partial charge in [-0.3, -0.25) is 0 Å². The van der Waals surface area contributed by atoms with Crippen molar-refractivity contribution in [2.75, 3.05) is 6.54 Å². The molecule has 0 radical (unpaired) electrons. The van der Waals surface area contributed by atoms with Crippen molar-refractivity contribution >= 4 is 0 Å². The third-order valence-corrected chi connectivity index (χ3v) is 4.23. The number of aliphatic hydroxyl groups is 1. The lowest BCUT2D eigenvalue weighted by Gasteiger charge is -2.14. The fourth-order valence-corrected chi connectivity index (χ4v) is 2.82. The van der Waals surface area contributed by atoms with Crippen LogP contribution in [-0.2, 0) is 24.5 Å². The number of rotatable bonds is 9. The molecule has 134 valence electrons. The first kappa shape index (κ1) is 18.3. The van der Waals surface area contributed by atoms with Crippen molar-refractivity contribution in [1.29, 1.82) is 0 Å². The summed E-state index contributed by atoms with van der Waals surface area (Å²) >= 11 is 0. The van der Waals surface area contributed by atoms with Crippen molar-refractivity contribution in [1.82, 2.24) is 5.32 Å². The van der Waals surface area contributed by atoms with Gasteiger partial charge < -0.3 is 15.2 Å². The van der Waals surface area contributed by atoms with Crippen molar-refractivity contribution in [2.45, 2.75) is 25.9 Å². The minimum Gasteiger partial charge on any atom is -0.387 e. The molecule has 26 heavy (non-hydrogen) atoms. The molecule has 2 N–H and O–H groups in total. The Morgan fingerprint density at radius 3 is 2.08 bits per heavy atom. The second-order valence-corrected chi connectivity index (χ2v) is 6.36. The maximum absolute atomic E-state index is 10.4. The van der Waals surface area contributed by atoms with Gasteiger partial charge in [0, 0.05) is 13.1 Å². The summed E-state index contributed by atoms with van der Waals surface area (Å²) in [6.07, 6.45) is -0.534. The maximum atomic E-state index is 10.4. The molecule has 0 saturated carbocycles. The summed E-state index contributed by atoms with van der Waals surface area (Å²) < 4.78 is 5.78. The van der Waals surface area contributed by atoms with E-state index in [4.69, 9.17) is 4.74 Å². The van der Waals surface area contributed by atoms with Gasteiger partial charge in [0.1, 0.15) is 0 Å². The number of ether oxygens (including phenoxy) is 1. The number of hydrogen-bond donors (Lipinski definition) is 2. The quantitative estimate of drug-likeness (QED) is 0.609. The third-order valence-electron chi connectivity index (χ3n) is 4.23. The molecule has 3 aromatic rings. The van der Waals surface area contributed by atoms with Crippen LogP contribution in [0, 0.1) is 0 Å². The Hall–Kier alpha value is -2.46. The largest absolute Gasteiger partial charge is 0.387 e. The number of hydrogen-bond acceptors (Lipinski definition) is 3. The molecule has 0 fully saturated rings. The summed E-state index contributed by atoms with van der Waals surface area (Å²) in [5.41, 5.74) is 4.35. The molecule has 3 heteroatoms. The van der Waals surface area contributed by atoms with Crippen molar-refractivity contribution in [2.24, 2.45) is 0 Å². The number of aliphatic hydroxyl groups excluding tert-OH is 1. The van der Waals surface area contributed by atoms with Crippen LogP contribution in [0.1, 0.15) is 28.4 Å². The molecule has 0 heterocycles. The topological polar surface area (TPSA) is 41.5 Å². The molecule has 0 aliphatic heterocycles. The number of benzene rings is 3. The maximum Gasteiger partial charge on any atom is 0.0914 e. The first-order valence-electron chi connectivity index (χ1n) is 8.94. The van der Waals surface area contributed by atoms with E-state index in [0.29, 0.717) is 19.8 Å². The molecule has 0 aliphatic rings. The zero-order chi connectivity index (χ0) is 18.0. The van der Waals surface area contributed by atoms with Crippen molar-refractivity contribution < 1.29 is 9.84 Å². The van der Waals surface area contributed by atoms with Crippen LogP contribution in [-0.4, -0.2) is 11.7 Å². The molecule has 0 spiro atoms. The van der Waals surface area contributed by atoms with E-state index < -0.39 is 6.10 Å². The molecule has 0 aliphatic carbocycles. The molecule has 1 atom stereocenters. The van der Waals surface area contributed by atoms with E-state index in [1.807, 2.05) is 60.7 Å². The standard InChI is InChI=1S/C23H25NO2/c25-23(16-24-15-19-8-3-1-4-9-19)22-13-7-12-21(14-22)18-26-17-20-10-5-2-6-11-20/h1-14,23-25H,15-18H2. The van der Waals surface area contributed by atoms with E-state index in [1.54, 1.807) is 0 Å². The summed E-state index contributed by atoms with van der Waals surface area (Å²) in [6.45, 7) is 2.39. The Labute approximate surface area is 155 Å². The predicted molar refractivity (Wildman–Crippen MR) is 104 cm³/mol. The second kappa shape index (κ2) is 9.88. The van der Waals surface area contributed by atoms with Crippen LogP contribution in [0.2, 0.25) is 0 Å². The van der Waals surface area contributed by atoms with Crippen LogP contribution in [0.4, 0.5) is 0 Å². The number of nitrogens with one attached hydrogen (secondary N) is 1. The fourth-order valence-electron chi connectivity index (χ4n) is 2.82.